The molecule has 0 radical (unpaired) electrons. The number of aliphatic carboxylic acids is 1. The minimum atomic E-state index is -1.29. The van der Waals surface area contributed by atoms with E-state index in [2.05, 4.69) is 15.1 Å². The van der Waals surface area contributed by atoms with Gasteiger partial charge in [0.25, 0.3) is 5.91 Å². The summed E-state index contributed by atoms with van der Waals surface area (Å²) in [5.41, 5.74) is 8.69. The van der Waals surface area contributed by atoms with E-state index in [1.54, 1.807) is 11.6 Å². The second-order valence-corrected chi connectivity index (χ2v) is 4.69. The van der Waals surface area contributed by atoms with Crippen LogP contribution in [0.4, 0.5) is 0 Å². The van der Waals surface area contributed by atoms with E-state index in [1.807, 2.05) is 0 Å². The second kappa shape index (κ2) is 8.57. The number of methoxy groups -OCH3 is 1. The number of ether oxygens (including phenoxy) is 1. The van der Waals surface area contributed by atoms with Crippen LogP contribution in [0.5, 0.6) is 0 Å². The number of Topliss-reactive ketones (excluding diaryl/α,β-unsaturated/α-hetero) is 1. The van der Waals surface area contributed by atoms with Crippen LogP contribution in [-0.2, 0) is 26.2 Å². The van der Waals surface area contributed by atoms with E-state index in [0.29, 0.717) is 11.9 Å². The predicted molar refractivity (Wildman–Crippen MR) is 76.4 cm³/mol. The van der Waals surface area contributed by atoms with Gasteiger partial charge in [-0.3, -0.25) is 9.59 Å². The molecular formula is C13H17N5O5. The molecule has 0 spiro atoms. The highest BCUT2D eigenvalue weighted by Crippen LogP contribution is 2.16. The Balaban J connectivity index is 2.76. The molecule has 2 atom stereocenters. The Morgan fingerprint density at radius 2 is 2.26 bits per heavy atom. The SMILES string of the molecule is CO[C@@H](C(=O)N[C@@H](CCC(=O)C=[N+]=[N-])C(=O)O)c1cncn1C. The molecule has 0 bridgehead atoms. The first-order valence-corrected chi connectivity index (χ1v) is 6.63. The third kappa shape index (κ3) is 5.13. The van der Waals surface area contributed by atoms with E-state index in [9.17, 15) is 14.4 Å². The number of imidazole rings is 1. The maximum Gasteiger partial charge on any atom is 0.326 e. The summed E-state index contributed by atoms with van der Waals surface area (Å²) < 4.78 is 6.67. The molecule has 0 aromatic carbocycles. The summed E-state index contributed by atoms with van der Waals surface area (Å²) in [5, 5.41) is 11.5. The molecule has 1 aromatic rings. The number of aromatic nitrogens is 2. The number of amides is 1. The zero-order valence-electron chi connectivity index (χ0n) is 12.7. The molecule has 0 aliphatic carbocycles. The monoisotopic (exact) mass is 323 g/mol. The Kier molecular flexibility index (Phi) is 6.78. The van der Waals surface area contributed by atoms with Gasteiger partial charge in [-0.2, -0.15) is 4.79 Å². The molecule has 0 aliphatic heterocycles. The van der Waals surface area contributed by atoms with Crippen molar-refractivity contribution in [1.29, 1.82) is 0 Å². The van der Waals surface area contributed by atoms with Crippen molar-refractivity contribution >= 4 is 23.9 Å². The summed E-state index contributed by atoms with van der Waals surface area (Å²) in [4.78, 5) is 41.1. The number of carboxylic acid groups (broad SMARTS) is 1. The molecule has 23 heavy (non-hydrogen) atoms. The van der Waals surface area contributed by atoms with Crippen molar-refractivity contribution in [2.45, 2.75) is 25.0 Å². The van der Waals surface area contributed by atoms with E-state index in [4.69, 9.17) is 15.4 Å². The van der Waals surface area contributed by atoms with Crippen LogP contribution < -0.4 is 5.32 Å². The summed E-state index contributed by atoms with van der Waals surface area (Å²) in [6, 6.07) is -1.27. The minimum Gasteiger partial charge on any atom is -0.480 e. The number of hydrogen-bond acceptors (Lipinski definition) is 5. The molecule has 0 aliphatic rings. The highest BCUT2D eigenvalue weighted by molar-refractivity contribution is 6.25. The summed E-state index contributed by atoms with van der Waals surface area (Å²) in [6.45, 7) is 0. The number of rotatable bonds is 9. The fourth-order valence-electron chi connectivity index (χ4n) is 1.90. The van der Waals surface area contributed by atoms with Gasteiger partial charge < -0.3 is 25.3 Å². The Morgan fingerprint density at radius 3 is 2.74 bits per heavy atom. The molecule has 0 saturated carbocycles. The molecule has 0 unspecified atom stereocenters. The van der Waals surface area contributed by atoms with Gasteiger partial charge in [-0.05, 0) is 6.42 Å². The molecule has 1 heterocycles. The molecular weight excluding hydrogens is 306 g/mol. The van der Waals surface area contributed by atoms with E-state index < -0.39 is 29.8 Å². The number of carbonyl (C=O) groups excluding carboxylic acids is 2. The number of carbonyl (C=O) groups is 3. The first-order chi connectivity index (χ1) is 10.9. The van der Waals surface area contributed by atoms with Gasteiger partial charge in [0.1, 0.15) is 6.04 Å². The van der Waals surface area contributed by atoms with Gasteiger partial charge in [-0.1, -0.05) is 0 Å². The second-order valence-electron chi connectivity index (χ2n) is 4.69. The van der Waals surface area contributed by atoms with Crippen molar-refractivity contribution in [3.8, 4) is 0 Å². The lowest BCUT2D eigenvalue weighted by Crippen LogP contribution is -2.44. The standard InChI is InChI=1S/C13H17N5O5/c1-18-7-15-6-10(18)11(23-2)12(20)17-9(13(21)22)4-3-8(19)5-16-14/h5-7,9,11H,3-4H2,1-2H3,(H,17,20)(H,21,22)/t9-,11+/m0/s1. The smallest absolute Gasteiger partial charge is 0.326 e. The van der Waals surface area contributed by atoms with E-state index in [-0.39, 0.29) is 12.8 Å². The van der Waals surface area contributed by atoms with Gasteiger partial charge in [0, 0.05) is 20.6 Å². The highest BCUT2D eigenvalue weighted by Gasteiger charge is 2.28. The van der Waals surface area contributed by atoms with Crippen molar-refractivity contribution in [2.75, 3.05) is 7.11 Å². The van der Waals surface area contributed by atoms with E-state index in [0.717, 1.165) is 0 Å². The molecule has 0 fully saturated rings. The van der Waals surface area contributed by atoms with Crippen molar-refractivity contribution in [1.82, 2.24) is 14.9 Å². The fraction of sp³-hybridized carbons (Fsp3) is 0.462. The van der Waals surface area contributed by atoms with Gasteiger partial charge in [0.05, 0.1) is 18.2 Å². The van der Waals surface area contributed by atoms with Crippen molar-refractivity contribution < 1.29 is 29.0 Å². The zero-order chi connectivity index (χ0) is 17.4. The van der Waals surface area contributed by atoms with E-state index in [1.165, 1.54) is 19.6 Å². The van der Waals surface area contributed by atoms with Crippen LogP contribution in [0.1, 0.15) is 24.6 Å². The van der Waals surface area contributed by atoms with Gasteiger partial charge in [0.2, 0.25) is 5.78 Å². The fourth-order valence-corrected chi connectivity index (χ4v) is 1.90. The average Bonchev–Trinajstić information content (AvgIpc) is 2.90. The van der Waals surface area contributed by atoms with Crippen LogP contribution >= 0.6 is 0 Å². The molecule has 1 amide bonds. The largest absolute Gasteiger partial charge is 0.480 e. The topological polar surface area (TPSA) is 147 Å². The molecule has 1 aromatic heterocycles. The first-order valence-electron chi connectivity index (χ1n) is 6.63. The van der Waals surface area contributed by atoms with Crippen molar-refractivity contribution in [3.05, 3.63) is 23.7 Å². The molecule has 0 saturated heterocycles. The normalized spacial score (nSPS) is 12.8. The molecule has 1 rings (SSSR count). The number of carboxylic acids is 1. The van der Waals surface area contributed by atoms with E-state index >= 15 is 0 Å². The lowest BCUT2D eigenvalue weighted by Gasteiger charge is -2.19. The Labute approximate surface area is 131 Å². The lowest BCUT2D eigenvalue weighted by molar-refractivity contribution is -0.144. The maximum atomic E-state index is 12.2. The number of aryl methyl sites for hydroxylation is 1. The quantitative estimate of drug-likeness (QED) is 0.350. The predicted octanol–water partition coefficient (Wildman–Crippen LogP) is -0.673. The third-order valence-corrected chi connectivity index (χ3v) is 3.09. The summed E-state index contributed by atoms with van der Waals surface area (Å²) in [6.07, 6.45) is 2.23. The number of ketones is 1. The van der Waals surface area contributed by atoms with Crippen LogP contribution in [0.15, 0.2) is 12.5 Å². The number of nitrogens with zero attached hydrogens (tertiary/aromatic N) is 4. The third-order valence-electron chi connectivity index (χ3n) is 3.09. The van der Waals surface area contributed by atoms with Crippen LogP contribution in [0, 0.1) is 0 Å². The Hall–Kier alpha value is -2.84. The Bertz CT molecular complexity index is 634. The maximum absolute atomic E-state index is 12.2. The average molecular weight is 323 g/mol. The van der Waals surface area contributed by atoms with Gasteiger partial charge in [-0.15, -0.1) is 0 Å². The molecule has 124 valence electrons. The summed E-state index contributed by atoms with van der Waals surface area (Å²) >= 11 is 0. The summed E-state index contributed by atoms with van der Waals surface area (Å²) in [7, 11) is 2.98. The van der Waals surface area contributed by atoms with Crippen molar-refractivity contribution in [3.63, 3.8) is 0 Å². The van der Waals surface area contributed by atoms with Gasteiger partial charge in [0.15, 0.2) is 6.10 Å². The van der Waals surface area contributed by atoms with Crippen LogP contribution in [0.2, 0.25) is 0 Å². The van der Waals surface area contributed by atoms with Gasteiger partial charge in [-0.25, -0.2) is 9.78 Å². The molecule has 2 N–H and O–H groups in total. The summed E-state index contributed by atoms with van der Waals surface area (Å²) in [5.74, 6) is -2.50. The molecule has 10 nitrogen and oxygen atoms in total. The molecule has 10 heteroatoms. The Morgan fingerprint density at radius 1 is 1.57 bits per heavy atom. The van der Waals surface area contributed by atoms with Crippen LogP contribution in [0.25, 0.3) is 5.53 Å². The first kappa shape index (κ1) is 18.2. The highest BCUT2D eigenvalue weighted by atomic mass is 16.5. The minimum absolute atomic E-state index is 0.145. The number of hydrogen-bond donors (Lipinski definition) is 2. The lowest BCUT2D eigenvalue weighted by atomic mass is 10.1. The van der Waals surface area contributed by atoms with Crippen molar-refractivity contribution in [2.24, 2.45) is 7.05 Å². The zero-order valence-corrected chi connectivity index (χ0v) is 12.7. The number of nitrogens with one attached hydrogen (secondary N) is 1. The van der Waals surface area contributed by atoms with Gasteiger partial charge >= 0.3 is 12.2 Å². The van der Waals surface area contributed by atoms with Crippen LogP contribution in [-0.4, -0.2) is 56.5 Å². The van der Waals surface area contributed by atoms with Crippen LogP contribution in [0.3, 0.4) is 0 Å².